The van der Waals surface area contributed by atoms with Gasteiger partial charge in [0.25, 0.3) is 0 Å². The smallest absolute Gasteiger partial charge is 0.329 e. The van der Waals surface area contributed by atoms with Crippen molar-refractivity contribution in [2.45, 2.75) is 18.2 Å². The van der Waals surface area contributed by atoms with Crippen molar-refractivity contribution in [2.24, 2.45) is 0 Å². The molecular formula is C28H31N2O4PS. The second-order valence-electron chi connectivity index (χ2n) is 7.99. The van der Waals surface area contributed by atoms with Crippen LogP contribution in [0, 0.1) is 0 Å². The molecular weight excluding hydrogens is 491 g/mol. The molecule has 0 aliphatic rings. The van der Waals surface area contributed by atoms with Gasteiger partial charge in [0, 0.05) is 17.9 Å². The molecule has 1 atom stereocenters. The lowest BCUT2D eigenvalue weighted by Gasteiger charge is -2.19. The van der Waals surface area contributed by atoms with Crippen molar-refractivity contribution in [3.05, 3.63) is 96.6 Å². The van der Waals surface area contributed by atoms with Crippen LogP contribution in [0.2, 0.25) is 0 Å². The standard InChI is InChI=1S/C28H31N2O4PS/c1-34-28(33)25(21-36-20-22-11-5-2-6-12-22)30-27(32)19-29-26(31)17-18-35(23-13-7-3-8-14-23)24-15-9-4-10-16-24/h2-16,25H,17-21H2,1H3,(H,29,31)(H,30,32). The van der Waals surface area contributed by atoms with Crippen molar-refractivity contribution in [1.29, 1.82) is 0 Å². The zero-order valence-electron chi connectivity index (χ0n) is 20.3. The van der Waals surface area contributed by atoms with Gasteiger partial charge in [-0.2, -0.15) is 11.8 Å². The molecule has 3 aromatic carbocycles. The number of benzene rings is 3. The molecule has 0 radical (unpaired) electrons. The van der Waals surface area contributed by atoms with E-state index in [-0.39, 0.29) is 12.5 Å². The van der Waals surface area contributed by atoms with Crippen LogP contribution in [0.15, 0.2) is 91.0 Å². The highest BCUT2D eigenvalue weighted by Gasteiger charge is 2.22. The van der Waals surface area contributed by atoms with E-state index in [4.69, 9.17) is 4.74 Å². The molecule has 0 saturated carbocycles. The molecule has 0 aromatic heterocycles. The second-order valence-corrected chi connectivity index (χ2v) is 11.4. The maximum Gasteiger partial charge on any atom is 0.329 e. The number of hydrogen-bond acceptors (Lipinski definition) is 5. The summed E-state index contributed by atoms with van der Waals surface area (Å²) in [4.78, 5) is 37.1. The zero-order valence-corrected chi connectivity index (χ0v) is 22.0. The fourth-order valence-electron chi connectivity index (χ4n) is 3.53. The highest BCUT2D eigenvalue weighted by Crippen LogP contribution is 2.34. The predicted molar refractivity (Wildman–Crippen MR) is 148 cm³/mol. The van der Waals surface area contributed by atoms with Crippen molar-refractivity contribution in [3.8, 4) is 0 Å². The quantitative estimate of drug-likeness (QED) is 0.266. The summed E-state index contributed by atoms with van der Waals surface area (Å²) >= 11 is 1.53. The van der Waals surface area contributed by atoms with Crippen LogP contribution in [0.3, 0.4) is 0 Å². The molecule has 2 N–H and O–H groups in total. The minimum absolute atomic E-state index is 0.190. The molecule has 2 amide bonds. The lowest BCUT2D eigenvalue weighted by atomic mass is 10.2. The third-order valence-corrected chi connectivity index (χ3v) is 8.98. The molecule has 0 aliphatic carbocycles. The zero-order chi connectivity index (χ0) is 25.6. The Bertz CT molecular complexity index is 1060. The van der Waals surface area contributed by atoms with Gasteiger partial charge >= 0.3 is 5.97 Å². The number of rotatable bonds is 13. The van der Waals surface area contributed by atoms with Crippen LogP contribution in [0.25, 0.3) is 0 Å². The normalized spacial score (nSPS) is 11.5. The molecule has 3 rings (SSSR count). The fourth-order valence-corrected chi connectivity index (χ4v) is 6.84. The number of ether oxygens (including phenoxy) is 1. The lowest BCUT2D eigenvalue weighted by molar-refractivity contribution is -0.144. The first kappa shape index (κ1) is 27.4. The van der Waals surface area contributed by atoms with Crippen LogP contribution in [0.4, 0.5) is 0 Å². The van der Waals surface area contributed by atoms with Gasteiger partial charge in [0.1, 0.15) is 6.04 Å². The number of amides is 2. The van der Waals surface area contributed by atoms with Crippen LogP contribution in [0.1, 0.15) is 12.0 Å². The number of thioether (sulfide) groups is 1. The Balaban J connectivity index is 1.47. The molecule has 0 heterocycles. The molecule has 36 heavy (non-hydrogen) atoms. The maximum atomic E-state index is 12.5. The SMILES string of the molecule is COC(=O)C(CSCc1ccccc1)NC(=O)CNC(=O)CCP(c1ccccc1)c1ccccc1. The predicted octanol–water partition coefficient (Wildman–Crippen LogP) is 3.22. The molecule has 1 unspecified atom stereocenters. The van der Waals surface area contributed by atoms with Crippen molar-refractivity contribution in [3.63, 3.8) is 0 Å². The van der Waals surface area contributed by atoms with E-state index < -0.39 is 25.8 Å². The van der Waals surface area contributed by atoms with Crippen molar-refractivity contribution in [2.75, 3.05) is 25.6 Å². The van der Waals surface area contributed by atoms with Gasteiger partial charge < -0.3 is 15.4 Å². The summed E-state index contributed by atoms with van der Waals surface area (Å²) < 4.78 is 4.84. The minimum atomic E-state index is -0.780. The van der Waals surface area contributed by atoms with Gasteiger partial charge in [-0.15, -0.1) is 0 Å². The molecule has 8 heteroatoms. The summed E-state index contributed by atoms with van der Waals surface area (Å²) in [6.45, 7) is -0.190. The number of nitrogens with one attached hydrogen (secondary N) is 2. The largest absolute Gasteiger partial charge is 0.467 e. The Morgan fingerprint density at radius 1 is 0.833 bits per heavy atom. The van der Waals surface area contributed by atoms with Crippen molar-refractivity contribution in [1.82, 2.24) is 10.6 Å². The van der Waals surface area contributed by atoms with E-state index in [2.05, 4.69) is 34.9 Å². The molecule has 0 aliphatic heterocycles. The Morgan fingerprint density at radius 3 is 1.94 bits per heavy atom. The molecule has 188 valence electrons. The molecule has 3 aromatic rings. The van der Waals surface area contributed by atoms with Gasteiger partial charge in [0.2, 0.25) is 11.8 Å². The number of esters is 1. The highest BCUT2D eigenvalue weighted by molar-refractivity contribution is 7.98. The maximum absolute atomic E-state index is 12.5. The fraction of sp³-hybridized carbons (Fsp3) is 0.250. The third kappa shape index (κ3) is 9.14. The first-order valence-electron chi connectivity index (χ1n) is 11.7. The van der Waals surface area contributed by atoms with Crippen molar-refractivity contribution >= 4 is 48.1 Å². The van der Waals surface area contributed by atoms with Crippen LogP contribution in [-0.4, -0.2) is 49.4 Å². The monoisotopic (exact) mass is 522 g/mol. The Hall–Kier alpha value is -3.15. The van der Waals surface area contributed by atoms with E-state index >= 15 is 0 Å². The molecule has 6 nitrogen and oxygen atoms in total. The second kappa shape index (κ2) is 15.1. The van der Waals surface area contributed by atoms with E-state index in [0.29, 0.717) is 24.1 Å². The van der Waals surface area contributed by atoms with Crippen molar-refractivity contribution < 1.29 is 19.1 Å². The first-order chi connectivity index (χ1) is 17.6. The van der Waals surface area contributed by atoms with E-state index in [1.54, 1.807) is 0 Å². The Labute approximate surface area is 218 Å². The van der Waals surface area contributed by atoms with Gasteiger partial charge in [-0.3, -0.25) is 9.59 Å². The molecule has 0 bridgehead atoms. The summed E-state index contributed by atoms with van der Waals surface area (Å²) in [6, 6.07) is 29.5. The highest BCUT2D eigenvalue weighted by atomic mass is 32.2. The van der Waals surface area contributed by atoms with E-state index in [9.17, 15) is 14.4 Å². The van der Waals surface area contributed by atoms with E-state index in [1.165, 1.54) is 29.5 Å². The summed E-state index contributed by atoms with van der Waals surface area (Å²) in [6.07, 6.45) is 0.980. The number of carbonyl (C=O) groups excluding carboxylic acids is 3. The summed E-state index contributed by atoms with van der Waals surface area (Å²) in [5, 5.41) is 7.78. The Morgan fingerprint density at radius 2 is 1.39 bits per heavy atom. The Kier molecular flexibility index (Phi) is 11.5. The first-order valence-corrected chi connectivity index (χ1v) is 14.4. The molecule has 0 fully saturated rings. The van der Waals surface area contributed by atoms with E-state index in [0.717, 1.165) is 5.56 Å². The summed E-state index contributed by atoms with van der Waals surface area (Å²) in [5.74, 6) is -0.0384. The van der Waals surface area contributed by atoms with E-state index in [1.807, 2.05) is 66.7 Å². The number of hydrogen-bond donors (Lipinski definition) is 2. The molecule has 0 saturated heterocycles. The summed E-state index contributed by atoms with van der Waals surface area (Å²) in [5.41, 5.74) is 1.13. The van der Waals surface area contributed by atoms with Gasteiger partial charge in [-0.25, -0.2) is 4.79 Å². The third-order valence-electron chi connectivity index (χ3n) is 5.36. The minimum Gasteiger partial charge on any atom is -0.467 e. The topological polar surface area (TPSA) is 84.5 Å². The van der Waals surface area contributed by atoms with Crippen LogP contribution >= 0.6 is 19.7 Å². The van der Waals surface area contributed by atoms with Gasteiger partial charge in [0.05, 0.1) is 13.7 Å². The van der Waals surface area contributed by atoms with Crippen LogP contribution < -0.4 is 21.2 Å². The molecule has 0 spiro atoms. The van der Waals surface area contributed by atoms with Crippen LogP contribution in [-0.2, 0) is 24.9 Å². The average Bonchev–Trinajstić information content (AvgIpc) is 2.93. The van der Waals surface area contributed by atoms with Gasteiger partial charge in [0.15, 0.2) is 0 Å². The summed E-state index contributed by atoms with van der Waals surface area (Å²) in [7, 11) is 0.609. The number of methoxy groups -OCH3 is 1. The van der Waals surface area contributed by atoms with Gasteiger partial charge in [-0.1, -0.05) is 91.0 Å². The average molecular weight is 523 g/mol. The van der Waals surface area contributed by atoms with Gasteiger partial charge in [-0.05, 0) is 30.3 Å². The lowest BCUT2D eigenvalue weighted by Crippen LogP contribution is -2.47. The van der Waals surface area contributed by atoms with Crippen LogP contribution in [0.5, 0.6) is 0 Å². The number of carbonyl (C=O) groups is 3.